The van der Waals surface area contributed by atoms with Gasteiger partial charge in [-0.05, 0) is 31.0 Å². The Bertz CT molecular complexity index is 243. The van der Waals surface area contributed by atoms with Gasteiger partial charge in [-0.3, -0.25) is 0 Å². The number of halogens is 3. The van der Waals surface area contributed by atoms with Crippen LogP contribution >= 0.6 is 27.9 Å². The summed E-state index contributed by atoms with van der Waals surface area (Å²) in [6.07, 6.45) is 0. The van der Waals surface area contributed by atoms with Crippen molar-refractivity contribution in [3.8, 4) is 5.75 Å². The molecule has 0 atom stereocenters. The van der Waals surface area contributed by atoms with Crippen LogP contribution in [0, 0.1) is 13.8 Å². The van der Waals surface area contributed by atoms with Gasteiger partial charge in [-0.1, -0.05) is 12.1 Å². The molecule has 0 unspecified atom stereocenters. The predicted molar refractivity (Wildman–Crippen MR) is 55.1 cm³/mol. The number of hydrogen-bond acceptors (Lipinski definition) is 1. The normalized spacial score (nSPS) is 8.69. The number of rotatable bonds is 0. The Labute approximate surface area is 96.1 Å². The summed E-state index contributed by atoms with van der Waals surface area (Å²) in [7, 11) is 14.9. The van der Waals surface area contributed by atoms with Crippen LogP contribution in [0.3, 0.4) is 0 Å². The van der Waals surface area contributed by atoms with Crippen LogP contribution < -0.4 is 0 Å². The Hall–Kier alpha value is 0.604. The molecule has 0 spiro atoms. The van der Waals surface area contributed by atoms with Gasteiger partial charge < -0.3 is 5.11 Å². The van der Waals surface area contributed by atoms with Crippen LogP contribution in [0.2, 0.25) is 0 Å². The van der Waals surface area contributed by atoms with Crippen LogP contribution in [0.1, 0.15) is 11.1 Å². The number of benzene rings is 1. The molecule has 0 bridgehead atoms. The Morgan fingerprint density at radius 3 is 1.92 bits per heavy atom. The van der Waals surface area contributed by atoms with Gasteiger partial charge in [-0.15, -0.1) is 0 Å². The molecule has 1 nitrogen and oxygen atoms in total. The van der Waals surface area contributed by atoms with Crippen LogP contribution in [0.5, 0.6) is 5.75 Å². The molecule has 0 amide bonds. The predicted octanol–water partition coefficient (Wildman–Crippen LogP) is 4.08. The fraction of sp³-hybridized carbons (Fsp3) is 0.250. The molecule has 0 heterocycles. The number of phenols is 1. The Balaban J connectivity index is 0.000000310. The molecule has 1 aromatic carbocycles. The van der Waals surface area contributed by atoms with E-state index < -0.39 is 14.7 Å². The van der Waals surface area contributed by atoms with Crippen molar-refractivity contribution in [3.63, 3.8) is 0 Å². The van der Waals surface area contributed by atoms with Crippen molar-refractivity contribution in [2.75, 3.05) is 0 Å². The van der Waals surface area contributed by atoms with Crippen molar-refractivity contribution in [1.29, 1.82) is 0 Å². The summed E-state index contributed by atoms with van der Waals surface area (Å²) in [5.41, 5.74) is 2.10. The first kappa shape index (κ1) is 13.6. The minimum atomic E-state index is -1.92. The summed E-state index contributed by atoms with van der Waals surface area (Å²) in [6, 6.07) is 5.52. The van der Waals surface area contributed by atoms with E-state index in [9.17, 15) is 0 Å². The molecule has 5 heteroatoms. The van der Waals surface area contributed by atoms with E-state index in [0.717, 1.165) is 11.1 Å². The van der Waals surface area contributed by atoms with Gasteiger partial charge in [0.25, 0.3) is 0 Å². The van der Waals surface area contributed by atoms with Crippen molar-refractivity contribution in [3.05, 3.63) is 29.3 Å². The molecule has 0 saturated carbocycles. The minimum absolute atomic E-state index is 0.384. The second-order valence-corrected chi connectivity index (χ2v) is 10.2. The van der Waals surface area contributed by atoms with Crippen LogP contribution in [0.4, 0.5) is 0 Å². The maximum absolute atomic E-state index is 9.10. The third-order valence-electron chi connectivity index (χ3n) is 1.58. The zero-order valence-electron chi connectivity index (χ0n) is 7.31. The van der Waals surface area contributed by atoms with Gasteiger partial charge in [0.2, 0.25) is 0 Å². The number of hydrogen-bond donors (Lipinski definition) is 1. The molecule has 13 heavy (non-hydrogen) atoms. The average Bonchev–Trinajstić information content (AvgIpc) is 1.99. The zero-order valence-corrected chi connectivity index (χ0v) is 11.1. The fourth-order valence-corrected chi connectivity index (χ4v) is 0.736. The summed E-state index contributed by atoms with van der Waals surface area (Å²) < 4.78 is 0. The van der Waals surface area contributed by atoms with Gasteiger partial charge >= 0.3 is 42.6 Å². The van der Waals surface area contributed by atoms with Gasteiger partial charge in [0.05, 0.1) is 0 Å². The first-order chi connectivity index (χ1) is 5.95. The molecule has 0 fully saturated rings. The van der Waals surface area contributed by atoms with Crippen molar-refractivity contribution in [1.82, 2.24) is 0 Å². The van der Waals surface area contributed by atoms with Crippen molar-refractivity contribution in [2.24, 2.45) is 0 Å². The van der Waals surface area contributed by atoms with Crippen LogP contribution in [0.25, 0.3) is 0 Å². The summed E-state index contributed by atoms with van der Waals surface area (Å²) in [6.45, 7) is 3.89. The van der Waals surface area contributed by atoms with E-state index >= 15 is 0 Å². The van der Waals surface area contributed by atoms with Crippen molar-refractivity contribution >= 4 is 27.9 Å². The first-order valence-corrected chi connectivity index (χ1v) is 9.98. The molecular weight excluding hydrogens is 266 g/mol. The van der Waals surface area contributed by atoms with E-state index in [-0.39, 0.29) is 0 Å². The zero-order chi connectivity index (χ0) is 10.4. The second-order valence-electron chi connectivity index (χ2n) is 2.43. The molecule has 0 radical (unpaired) electrons. The molecule has 0 aliphatic heterocycles. The molecule has 73 valence electrons. The summed E-state index contributed by atoms with van der Waals surface area (Å²) in [5, 5.41) is 9.10. The number of phenolic OH excluding ortho intramolecular Hbond substituents is 1. The molecule has 1 N–H and O–H groups in total. The summed E-state index contributed by atoms with van der Waals surface area (Å²) in [5.74, 6) is 0.384. The summed E-state index contributed by atoms with van der Waals surface area (Å²) >= 11 is -1.92. The van der Waals surface area contributed by atoms with Crippen LogP contribution in [-0.4, -0.2) is 5.11 Å². The molecular formula is C8H10Cl3OTi. The van der Waals surface area contributed by atoms with Crippen LogP contribution in [0.15, 0.2) is 18.2 Å². The topological polar surface area (TPSA) is 20.2 Å². The van der Waals surface area contributed by atoms with Gasteiger partial charge in [-0.25, -0.2) is 0 Å². The third kappa shape index (κ3) is 6.65. The molecule has 1 aromatic rings. The SMILES string of the molecule is Cc1cccc(O)c1C.[Cl][Ti]([Cl])[Cl]. The molecule has 0 aliphatic rings. The van der Waals surface area contributed by atoms with Crippen molar-refractivity contribution in [2.45, 2.75) is 13.8 Å². The van der Waals surface area contributed by atoms with Crippen molar-refractivity contribution < 1.29 is 19.8 Å². The third-order valence-corrected chi connectivity index (χ3v) is 1.58. The van der Waals surface area contributed by atoms with E-state index in [1.54, 1.807) is 6.07 Å². The van der Waals surface area contributed by atoms with E-state index in [1.807, 2.05) is 26.0 Å². The van der Waals surface area contributed by atoms with E-state index in [4.69, 9.17) is 33.0 Å². The maximum atomic E-state index is 9.10. The standard InChI is InChI=1S/C8H10O.3ClH.Ti/c1-6-4-3-5-8(9)7(6)2;;;;/h3-5,9H,1-2H3;3*1H;/q;;;;+3/p-3. The first-order valence-electron chi connectivity index (χ1n) is 3.53. The summed E-state index contributed by atoms with van der Waals surface area (Å²) in [4.78, 5) is 0. The second kappa shape index (κ2) is 6.97. The number of aromatic hydroxyl groups is 1. The van der Waals surface area contributed by atoms with Gasteiger partial charge in [-0.2, -0.15) is 0 Å². The van der Waals surface area contributed by atoms with Gasteiger partial charge in [0.1, 0.15) is 5.75 Å². The van der Waals surface area contributed by atoms with Gasteiger partial charge in [0, 0.05) is 0 Å². The fourth-order valence-electron chi connectivity index (χ4n) is 0.736. The number of aryl methyl sites for hydroxylation is 1. The van der Waals surface area contributed by atoms with Crippen LogP contribution in [-0.2, 0) is 14.7 Å². The average molecular weight is 276 g/mol. The quantitative estimate of drug-likeness (QED) is 0.708. The van der Waals surface area contributed by atoms with E-state index in [2.05, 4.69) is 0 Å². The van der Waals surface area contributed by atoms with E-state index in [1.165, 1.54) is 0 Å². The molecule has 0 saturated heterocycles. The Kier molecular flexibility index (Phi) is 7.29. The molecule has 0 aromatic heterocycles. The Morgan fingerprint density at radius 1 is 1.15 bits per heavy atom. The van der Waals surface area contributed by atoms with Gasteiger partial charge in [0.15, 0.2) is 0 Å². The molecule has 1 rings (SSSR count). The van der Waals surface area contributed by atoms with E-state index in [0.29, 0.717) is 5.75 Å². The molecule has 0 aliphatic carbocycles. The Morgan fingerprint density at radius 2 is 1.62 bits per heavy atom. The monoisotopic (exact) mass is 275 g/mol.